The van der Waals surface area contributed by atoms with Gasteiger partial charge >= 0.3 is 0 Å². The molecule has 0 bridgehead atoms. The Morgan fingerprint density at radius 1 is 1.00 bits per heavy atom. The van der Waals surface area contributed by atoms with Crippen molar-refractivity contribution in [2.45, 2.75) is 20.1 Å². The van der Waals surface area contributed by atoms with Gasteiger partial charge in [0.25, 0.3) is 11.1 Å². The number of rotatable bonds is 6. The van der Waals surface area contributed by atoms with Crippen LogP contribution in [0.1, 0.15) is 22.3 Å². The molecule has 3 aromatic rings. The van der Waals surface area contributed by atoms with E-state index in [9.17, 15) is 9.59 Å². The maximum absolute atomic E-state index is 12.9. The summed E-state index contributed by atoms with van der Waals surface area (Å²) in [7, 11) is 0. The normalized spacial score (nSPS) is 15.0. The van der Waals surface area contributed by atoms with Gasteiger partial charge in [-0.1, -0.05) is 69.5 Å². The highest BCUT2D eigenvalue weighted by molar-refractivity contribution is 9.10. The molecule has 0 radical (unpaired) electrons. The van der Waals surface area contributed by atoms with Crippen LogP contribution in [-0.2, 0) is 17.9 Å². The fourth-order valence-corrected chi connectivity index (χ4v) is 4.49. The zero-order chi connectivity index (χ0) is 22.7. The van der Waals surface area contributed by atoms with Gasteiger partial charge in [-0.05, 0) is 66.2 Å². The molecule has 1 fully saturated rings. The fraction of sp³-hybridized carbons (Fsp3) is 0.120. The summed E-state index contributed by atoms with van der Waals surface area (Å²) in [5, 5.41) is 0.309. The van der Waals surface area contributed by atoms with E-state index >= 15 is 0 Å². The molecule has 162 valence electrons. The number of hydrogen-bond donors (Lipinski definition) is 0. The molecule has 3 aromatic carbocycles. The summed E-state index contributed by atoms with van der Waals surface area (Å²) in [6.45, 7) is 2.65. The molecule has 2 amide bonds. The van der Waals surface area contributed by atoms with Crippen LogP contribution >= 0.6 is 39.3 Å². The van der Waals surface area contributed by atoms with Crippen molar-refractivity contribution in [1.29, 1.82) is 0 Å². The van der Waals surface area contributed by atoms with Crippen LogP contribution in [0.15, 0.2) is 76.1 Å². The number of ether oxygens (including phenoxy) is 1. The average Bonchev–Trinajstić information content (AvgIpc) is 3.03. The second kappa shape index (κ2) is 9.94. The zero-order valence-electron chi connectivity index (χ0n) is 17.2. The quantitative estimate of drug-likeness (QED) is 0.317. The van der Waals surface area contributed by atoms with Crippen LogP contribution in [0.2, 0.25) is 5.02 Å². The smallest absolute Gasteiger partial charge is 0.293 e. The maximum atomic E-state index is 12.9. The van der Waals surface area contributed by atoms with E-state index in [4.69, 9.17) is 16.3 Å². The maximum Gasteiger partial charge on any atom is 0.293 e. The first kappa shape index (κ1) is 22.6. The Kier molecular flexibility index (Phi) is 7.04. The lowest BCUT2D eigenvalue weighted by molar-refractivity contribution is -0.123. The molecule has 0 N–H and O–H groups in total. The van der Waals surface area contributed by atoms with Crippen molar-refractivity contribution < 1.29 is 14.3 Å². The minimum atomic E-state index is -0.320. The molecule has 1 aliphatic rings. The van der Waals surface area contributed by atoms with Crippen LogP contribution in [0.4, 0.5) is 4.79 Å². The standard InChI is InChI=1S/C25H19BrClNO3S/c1-16-2-4-18(5-3-16)15-31-22-11-8-20(26)12-19(22)13-23-24(29)28(25(30)32-23)14-17-6-9-21(27)10-7-17/h2-13H,14-15H2,1H3/b23-13-. The van der Waals surface area contributed by atoms with Crippen LogP contribution in [-0.4, -0.2) is 16.0 Å². The molecule has 0 aromatic heterocycles. The minimum absolute atomic E-state index is 0.203. The second-order valence-corrected chi connectivity index (χ2v) is 9.70. The van der Waals surface area contributed by atoms with Crippen LogP contribution in [0.5, 0.6) is 5.75 Å². The molecule has 0 atom stereocenters. The van der Waals surface area contributed by atoms with Gasteiger partial charge in [-0.2, -0.15) is 0 Å². The highest BCUT2D eigenvalue weighted by Gasteiger charge is 2.35. The molecular weight excluding hydrogens is 510 g/mol. The molecule has 32 heavy (non-hydrogen) atoms. The van der Waals surface area contributed by atoms with Crippen molar-refractivity contribution in [2.75, 3.05) is 0 Å². The van der Waals surface area contributed by atoms with Gasteiger partial charge in [0.2, 0.25) is 0 Å². The van der Waals surface area contributed by atoms with E-state index < -0.39 is 0 Å². The molecule has 1 saturated heterocycles. The molecular formula is C25H19BrClNO3S. The highest BCUT2D eigenvalue weighted by atomic mass is 79.9. The Hall–Kier alpha value is -2.54. The number of carbonyl (C=O) groups excluding carboxylic acids is 2. The first-order valence-corrected chi connectivity index (χ1v) is 11.9. The van der Waals surface area contributed by atoms with E-state index in [2.05, 4.69) is 15.9 Å². The van der Waals surface area contributed by atoms with Gasteiger partial charge < -0.3 is 4.74 Å². The lowest BCUT2D eigenvalue weighted by atomic mass is 10.1. The lowest BCUT2D eigenvalue weighted by Crippen LogP contribution is -2.27. The third kappa shape index (κ3) is 5.44. The number of imide groups is 1. The van der Waals surface area contributed by atoms with Crippen LogP contribution < -0.4 is 4.74 Å². The monoisotopic (exact) mass is 527 g/mol. The molecule has 4 nitrogen and oxygen atoms in total. The minimum Gasteiger partial charge on any atom is -0.488 e. The second-order valence-electron chi connectivity index (χ2n) is 7.35. The van der Waals surface area contributed by atoms with E-state index in [0.29, 0.717) is 22.3 Å². The van der Waals surface area contributed by atoms with Gasteiger partial charge in [-0.3, -0.25) is 14.5 Å². The third-order valence-corrected chi connectivity index (χ3v) is 6.55. The molecule has 4 rings (SSSR count). The van der Waals surface area contributed by atoms with Crippen molar-refractivity contribution in [3.05, 3.63) is 103 Å². The topological polar surface area (TPSA) is 46.6 Å². The number of amides is 2. The number of carbonyl (C=O) groups is 2. The Labute approximate surface area is 204 Å². The average molecular weight is 529 g/mol. The van der Waals surface area contributed by atoms with E-state index in [-0.39, 0.29) is 17.7 Å². The van der Waals surface area contributed by atoms with Gasteiger partial charge in [0, 0.05) is 15.1 Å². The summed E-state index contributed by atoms with van der Waals surface area (Å²) in [5.41, 5.74) is 3.80. The van der Waals surface area contributed by atoms with Gasteiger partial charge in [-0.15, -0.1) is 0 Å². The first-order chi connectivity index (χ1) is 15.4. The summed E-state index contributed by atoms with van der Waals surface area (Å²) in [4.78, 5) is 27.0. The van der Waals surface area contributed by atoms with E-state index in [1.54, 1.807) is 30.3 Å². The Bertz CT molecular complexity index is 1190. The van der Waals surface area contributed by atoms with Crippen LogP contribution in [0, 0.1) is 6.92 Å². The molecule has 0 spiro atoms. The molecule has 1 aliphatic heterocycles. The zero-order valence-corrected chi connectivity index (χ0v) is 20.3. The van der Waals surface area contributed by atoms with E-state index in [0.717, 1.165) is 32.9 Å². The first-order valence-electron chi connectivity index (χ1n) is 9.87. The number of halogens is 2. The summed E-state index contributed by atoms with van der Waals surface area (Å²) in [6.07, 6.45) is 1.71. The molecule has 7 heteroatoms. The largest absolute Gasteiger partial charge is 0.488 e. The molecule has 0 unspecified atom stereocenters. The van der Waals surface area contributed by atoms with Crippen molar-refractivity contribution in [3.63, 3.8) is 0 Å². The van der Waals surface area contributed by atoms with Crippen molar-refractivity contribution in [1.82, 2.24) is 4.90 Å². The predicted octanol–water partition coefficient (Wildman–Crippen LogP) is 7.23. The Morgan fingerprint density at radius 3 is 2.41 bits per heavy atom. The van der Waals surface area contributed by atoms with E-state index in [1.165, 1.54) is 10.5 Å². The summed E-state index contributed by atoms with van der Waals surface area (Å²) >= 11 is 10.3. The number of hydrogen-bond acceptors (Lipinski definition) is 4. The number of thioether (sulfide) groups is 1. The van der Waals surface area contributed by atoms with Gasteiger partial charge in [0.1, 0.15) is 12.4 Å². The molecule has 0 saturated carbocycles. The fourth-order valence-electron chi connectivity index (χ4n) is 3.16. The SMILES string of the molecule is Cc1ccc(COc2ccc(Br)cc2/C=C2\SC(=O)N(Cc3ccc(Cl)cc3)C2=O)cc1. The predicted molar refractivity (Wildman–Crippen MR) is 133 cm³/mol. The summed E-state index contributed by atoms with van der Waals surface area (Å²) in [6, 6.07) is 20.8. The van der Waals surface area contributed by atoms with Crippen molar-refractivity contribution in [3.8, 4) is 5.75 Å². The lowest BCUT2D eigenvalue weighted by Gasteiger charge is -2.13. The van der Waals surface area contributed by atoms with E-state index in [1.807, 2.05) is 49.4 Å². The summed E-state index contributed by atoms with van der Waals surface area (Å²) < 4.78 is 6.88. The third-order valence-electron chi connectivity index (χ3n) is 4.90. The van der Waals surface area contributed by atoms with Gasteiger partial charge in [0.05, 0.1) is 11.4 Å². The van der Waals surface area contributed by atoms with Crippen LogP contribution in [0.25, 0.3) is 6.08 Å². The Morgan fingerprint density at radius 2 is 1.69 bits per heavy atom. The number of nitrogens with zero attached hydrogens (tertiary/aromatic N) is 1. The van der Waals surface area contributed by atoms with Gasteiger partial charge in [-0.25, -0.2) is 0 Å². The molecule has 0 aliphatic carbocycles. The van der Waals surface area contributed by atoms with Crippen molar-refractivity contribution >= 4 is 56.5 Å². The highest BCUT2D eigenvalue weighted by Crippen LogP contribution is 2.36. The number of aryl methyl sites for hydroxylation is 1. The molecule has 1 heterocycles. The summed E-state index contributed by atoms with van der Waals surface area (Å²) in [5.74, 6) is 0.317. The van der Waals surface area contributed by atoms with Crippen LogP contribution in [0.3, 0.4) is 0 Å². The Balaban J connectivity index is 1.54. The van der Waals surface area contributed by atoms with Gasteiger partial charge in [0.15, 0.2) is 0 Å². The van der Waals surface area contributed by atoms with Crippen molar-refractivity contribution in [2.24, 2.45) is 0 Å². The number of benzene rings is 3.